The van der Waals surface area contributed by atoms with Crippen molar-refractivity contribution in [3.8, 4) is 11.4 Å². The minimum Gasteiger partial charge on any atom is -0.336 e. The van der Waals surface area contributed by atoms with Crippen molar-refractivity contribution in [2.24, 2.45) is 0 Å². The molecule has 0 aliphatic heterocycles. The third-order valence-electron chi connectivity index (χ3n) is 3.46. The number of carbonyl (C=O) groups is 1. The molecule has 0 aliphatic carbocycles. The molecule has 0 bridgehead atoms. The van der Waals surface area contributed by atoms with Crippen LogP contribution in [0.1, 0.15) is 25.3 Å². The fourth-order valence-corrected chi connectivity index (χ4v) is 2.32. The van der Waals surface area contributed by atoms with Crippen LogP contribution in [0.15, 0.2) is 59.1 Å². The predicted molar refractivity (Wildman–Crippen MR) is 102 cm³/mol. The number of nitrogens with zero attached hydrogens (tertiary/aromatic N) is 2. The van der Waals surface area contributed by atoms with Crippen molar-refractivity contribution >= 4 is 23.9 Å². The highest BCUT2D eigenvalue weighted by atomic mass is 16.5. The van der Waals surface area contributed by atoms with Crippen LogP contribution in [0, 0.1) is 0 Å². The zero-order chi connectivity index (χ0) is 18.4. The number of hydrogen-bond acceptors (Lipinski definition) is 4. The summed E-state index contributed by atoms with van der Waals surface area (Å²) in [6.07, 6.45) is 3.68. The monoisotopic (exact) mass is 348 g/mol. The maximum atomic E-state index is 11.8. The molecule has 26 heavy (non-hydrogen) atoms. The zero-order valence-corrected chi connectivity index (χ0v) is 14.6. The molecule has 2 aromatic carbocycles. The minimum absolute atomic E-state index is 0.0642. The van der Waals surface area contributed by atoms with Gasteiger partial charge >= 0.3 is 6.03 Å². The Balaban J connectivity index is 1.72. The van der Waals surface area contributed by atoms with E-state index in [1.165, 1.54) is 0 Å². The minimum atomic E-state index is -0.253. The molecular formula is C20H20N4O2. The second-order valence-electron chi connectivity index (χ2n) is 6.03. The number of aromatic nitrogens is 2. The van der Waals surface area contributed by atoms with E-state index in [2.05, 4.69) is 20.8 Å². The van der Waals surface area contributed by atoms with Crippen LogP contribution in [-0.2, 0) is 0 Å². The molecular weight excluding hydrogens is 328 g/mol. The smallest absolute Gasteiger partial charge is 0.319 e. The third-order valence-corrected chi connectivity index (χ3v) is 3.46. The molecule has 0 saturated carbocycles. The quantitative estimate of drug-likeness (QED) is 0.714. The van der Waals surface area contributed by atoms with Crippen molar-refractivity contribution < 1.29 is 9.32 Å². The first-order valence-electron chi connectivity index (χ1n) is 8.35. The Bertz CT molecular complexity index is 901. The topological polar surface area (TPSA) is 80.0 Å². The average molecular weight is 348 g/mol. The van der Waals surface area contributed by atoms with Gasteiger partial charge in [0.05, 0.1) is 0 Å². The zero-order valence-electron chi connectivity index (χ0n) is 14.6. The average Bonchev–Trinajstić information content (AvgIpc) is 3.09. The molecule has 3 rings (SSSR count). The standard InChI is InChI=1S/C20H20N4O2/c1-14(2)21-20(25)22-17-10-6-9-16(13-17)19-23-18(26-24-19)12-11-15-7-4-3-5-8-15/h3-14H,1-2H3,(H2,21,22,25)/b12-11+. The summed E-state index contributed by atoms with van der Waals surface area (Å²) in [7, 11) is 0. The van der Waals surface area contributed by atoms with E-state index in [0.29, 0.717) is 17.4 Å². The number of hydrogen-bond donors (Lipinski definition) is 2. The third kappa shape index (κ3) is 4.80. The van der Waals surface area contributed by atoms with Crippen molar-refractivity contribution in [3.05, 3.63) is 66.1 Å². The van der Waals surface area contributed by atoms with Crippen LogP contribution in [-0.4, -0.2) is 22.2 Å². The number of anilines is 1. The van der Waals surface area contributed by atoms with Gasteiger partial charge in [0.1, 0.15) is 0 Å². The Morgan fingerprint density at radius 3 is 2.65 bits per heavy atom. The summed E-state index contributed by atoms with van der Waals surface area (Å²) >= 11 is 0. The fourth-order valence-electron chi connectivity index (χ4n) is 2.32. The highest BCUT2D eigenvalue weighted by Gasteiger charge is 2.09. The van der Waals surface area contributed by atoms with Crippen LogP contribution >= 0.6 is 0 Å². The molecule has 0 atom stereocenters. The molecule has 2 N–H and O–H groups in total. The van der Waals surface area contributed by atoms with Gasteiger partial charge in [0, 0.05) is 23.4 Å². The van der Waals surface area contributed by atoms with Gasteiger partial charge in [-0.25, -0.2) is 4.79 Å². The number of urea groups is 1. The maximum absolute atomic E-state index is 11.8. The summed E-state index contributed by atoms with van der Waals surface area (Å²) in [5.74, 6) is 0.880. The molecule has 0 aliphatic rings. The van der Waals surface area contributed by atoms with Crippen LogP contribution < -0.4 is 10.6 Å². The first-order chi connectivity index (χ1) is 12.6. The number of nitrogens with one attached hydrogen (secondary N) is 2. The first kappa shape index (κ1) is 17.4. The van der Waals surface area contributed by atoms with Crippen LogP contribution in [0.5, 0.6) is 0 Å². The number of carbonyl (C=O) groups excluding carboxylic acids is 1. The molecule has 0 spiro atoms. The van der Waals surface area contributed by atoms with Gasteiger partial charge in [0.15, 0.2) is 0 Å². The summed E-state index contributed by atoms with van der Waals surface area (Å²) in [6.45, 7) is 3.81. The number of rotatable bonds is 5. The number of benzene rings is 2. The van der Waals surface area contributed by atoms with E-state index in [1.807, 2.05) is 62.4 Å². The van der Waals surface area contributed by atoms with Crippen LogP contribution in [0.2, 0.25) is 0 Å². The molecule has 0 saturated heterocycles. The van der Waals surface area contributed by atoms with Crippen molar-refractivity contribution in [1.29, 1.82) is 0 Å². The lowest BCUT2D eigenvalue weighted by molar-refractivity contribution is 0.250. The highest BCUT2D eigenvalue weighted by molar-refractivity contribution is 5.90. The van der Waals surface area contributed by atoms with Gasteiger partial charge in [-0.2, -0.15) is 4.98 Å². The molecule has 6 nitrogen and oxygen atoms in total. The second kappa shape index (κ2) is 8.11. The second-order valence-corrected chi connectivity index (χ2v) is 6.03. The van der Waals surface area contributed by atoms with Gasteiger partial charge in [0.2, 0.25) is 5.82 Å². The lowest BCUT2D eigenvalue weighted by atomic mass is 10.2. The van der Waals surface area contributed by atoms with E-state index in [0.717, 1.165) is 11.1 Å². The van der Waals surface area contributed by atoms with Gasteiger partial charge in [0.25, 0.3) is 5.89 Å². The van der Waals surface area contributed by atoms with E-state index in [9.17, 15) is 4.79 Å². The van der Waals surface area contributed by atoms with E-state index in [4.69, 9.17) is 4.52 Å². The molecule has 0 fully saturated rings. The largest absolute Gasteiger partial charge is 0.336 e. The Labute approximate surface area is 151 Å². The van der Waals surface area contributed by atoms with E-state index >= 15 is 0 Å². The molecule has 1 heterocycles. The van der Waals surface area contributed by atoms with Gasteiger partial charge < -0.3 is 15.2 Å². The van der Waals surface area contributed by atoms with Crippen LogP contribution in [0.25, 0.3) is 23.5 Å². The van der Waals surface area contributed by atoms with Gasteiger partial charge in [-0.05, 0) is 37.6 Å². The first-order valence-corrected chi connectivity index (χ1v) is 8.35. The van der Waals surface area contributed by atoms with Crippen molar-refractivity contribution in [3.63, 3.8) is 0 Å². The normalized spacial score (nSPS) is 11.0. The summed E-state index contributed by atoms with van der Waals surface area (Å²) in [5, 5.41) is 9.57. The summed E-state index contributed by atoms with van der Waals surface area (Å²) in [6, 6.07) is 17.0. The van der Waals surface area contributed by atoms with E-state index in [-0.39, 0.29) is 12.1 Å². The molecule has 0 radical (unpaired) electrons. The van der Waals surface area contributed by atoms with Crippen molar-refractivity contribution in [2.45, 2.75) is 19.9 Å². The molecule has 2 amide bonds. The van der Waals surface area contributed by atoms with Gasteiger partial charge in [-0.3, -0.25) is 0 Å². The Morgan fingerprint density at radius 2 is 1.88 bits per heavy atom. The molecule has 132 valence electrons. The van der Waals surface area contributed by atoms with Gasteiger partial charge in [-0.15, -0.1) is 0 Å². The molecule has 1 aromatic heterocycles. The van der Waals surface area contributed by atoms with Crippen LogP contribution in [0.3, 0.4) is 0 Å². The summed E-state index contributed by atoms with van der Waals surface area (Å²) in [4.78, 5) is 16.2. The lowest BCUT2D eigenvalue weighted by Gasteiger charge is -2.10. The van der Waals surface area contributed by atoms with Crippen molar-refractivity contribution in [1.82, 2.24) is 15.5 Å². The SMILES string of the molecule is CC(C)NC(=O)Nc1cccc(-c2noc(/C=C/c3ccccc3)n2)c1. The Kier molecular flexibility index (Phi) is 5.43. The highest BCUT2D eigenvalue weighted by Crippen LogP contribution is 2.20. The maximum Gasteiger partial charge on any atom is 0.319 e. The van der Waals surface area contributed by atoms with Gasteiger partial charge in [-0.1, -0.05) is 47.6 Å². The van der Waals surface area contributed by atoms with Crippen LogP contribution in [0.4, 0.5) is 10.5 Å². The van der Waals surface area contributed by atoms with E-state index < -0.39 is 0 Å². The summed E-state index contributed by atoms with van der Waals surface area (Å²) in [5.41, 5.74) is 2.47. The predicted octanol–water partition coefficient (Wildman–Crippen LogP) is 4.44. The molecule has 6 heteroatoms. The summed E-state index contributed by atoms with van der Waals surface area (Å²) < 4.78 is 5.27. The number of amides is 2. The lowest BCUT2D eigenvalue weighted by Crippen LogP contribution is -2.34. The molecule has 3 aromatic rings. The van der Waals surface area contributed by atoms with E-state index in [1.54, 1.807) is 18.2 Å². The fraction of sp³-hybridized carbons (Fsp3) is 0.150. The Hall–Kier alpha value is -3.41. The van der Waals surface area contributed by atoms with Crippen molar-refractivity contribution in [2.75, 3.05) is 5.32 Å². The Morgan fingerprint density at radius 1 is 1.08 bits per heavy atom. The molecule has 0 unspecified atom stereocenters.